The van der Waals surface area contributed by atoms with Gasteiger partial charge in [-0.25, -0.2) is 14.5 Å². The van der Waals surface area contributed by atoms with Crippen LogP contribution < -0.4 is 5.32 Å². The van der Waals surface area contributed by atoms with Crippen LogP contribution >= 0.6 is 0 Å². The second-order valence-electron chi connectivity index (χ2n) is 6.51. The number of carboxylic acid groups (broad SMARTS) is 1. The third kappa shape index (κ3) is 2.31. The predicted molar refractivity (Wildman–Crippen MR) is 69.5 cm³/mol. The molecule has 0 spiro atoms. The van der Waals surface area contributed by atoms with Gasteiger partial charge in [0.1, 0.15) is 11.6 Å². The van der Waals surface area contributed by atoms with E-state index in [0.717, 1.165) is 4.90 Å². The molecule has 1 fully saturated rings. The van der Waals surface area contributed by atoms with Gasteiger partial charge in [0, 0.05) is 0 Å². The van der Waals surface area contributed by atoms with Gasteiger partial charge in [-0.15, -0.1) is 0 Å². The van der Waals surface area contributed by atoms with Crippen molar-refractivity contribution in [1.29, 1.82) is 0 Å². The van der Waals surface area contributed by atoms with E-state index in [4.69, 9.17) is 0 Å². The van der Waals surface area contributed by atoms with Crippen LogP contribution in [0.1, 0.15) is 41.5 Å². The second-order valence-corrected chi connectivity index (χ2v) is 6.51. The van der Waals surface area contributed by atoms with Crippen LogP contribution in [0, 0.1) is 11.3 Å². The Kier molecular flexibility index (Phi) is 3.67. The lowest BCUT2D eigenvalue weighted by Gasteiger charge is -2.36. The highest BCUT2D eigenvalue weighted by molar-refractivity contribution is 6.09. The first-order chi connectivity index (χ1) is 8.43. The Hall–Kier alpha value is -1.59. The van der Waals surface area contributed by atoms with Crippen molar-refractivity contribution in [2.24, 2.45) is 11.3 Å². The number of hydrogen-bond donors (Lipinski definition) is 2. The minimum atomic E-state index is -1.17. The molecule has 0 aromatic heterocycles. The molecule has 0 aliphatic carbocycles. The number of rotatable bonds is 3. The quantitative estimate of drug-likeness (QED) is 0.760. The Morgan fingerprint density at radius 2 is 1.79 bits per heavy atom. The number of carbonyl (C=O) groups is 3. The van der Waals surface area contributed by atoms with Crippen LogP contribution in [-0.2, 0) is 9.59 Å². The number of carbonyl (C=O) groups excluding carboxylic acids is 2. The maximum Gasteiger partial charge on any atom is 0.327 e. The van der Waals surface area contributed by atoms with E-state index < -0.39 is 34.9 Å². The van der Waals surface area contributed by atoms with Crippen LogP contribution in [0.3, 0.4) is 0 Å². The van der Waals surface area contributed by atoms with Crippen molar-refractivity contribution in [3.05, 3.63) is 0 Å². The van der Waals surface area contributed by atoms with E-state index >= 15 is 0 Å². The molecular weight excluding hydrogens is 248 g/mol. The number of carboxylic acids is 1. The van der Waals surface area contributed by atoms with Gasteiger partial charge in [0.25, 0.3) is 5.91 Å². The van der Waals surface area contributed by atoms with Gasteiger partial charge < -0.3 is 10.4 Å². The van der Waals surface area contributed by atoms with Crippen LogP contribution in [0.5, 0.6) is 0 Å². The number of aliphatic carboxylic acids is 1. The van der Waals surface area contributed by atoms with E-state index in [1.165, 1.54) is 0 Å². The second kappa shape index (κ2) is 4.51. The molecule has 1 aliphatic heterocycles. The van der Waals surface area contributed by atoms with E-state index in [1.807, 2.05) is 20.8 Å². The summed E-state index contributed by atoms with van der Waals surface area (Å²) >= 11 is 0. The third-order valence-corrected chi connectivity index (χ3v) is 3.88. The SMILES string of the molecule is CC(C)C(C(=O)O)N1C(=O)NC(C)(C(C)(C)C)C1=O. The lowest BCUT2D eigenvalue weighted by molar-refractivity contribution is -0.150. The normalized spacial score (nSPS) is 25.7. The van der Waals surface area contributed by atoms with Gasteiger partial charge in [0.15, 0.2) is 0 Å². The molecule has 19 heavy (non-hydrogen) atoms. The Morgan fingerprint density at radius 1 is 1.32 bits per heavy atom. The van der Waals surface area contributed by atoms with Crippen molar-refractivity contribution in [1.82, 2.24) is 10.2 Å². The molecule has 1 rings (SSSR count). The first-order valence-electron chi connectivity index (χ1n) is 6.32. The molecule has 0 aromatic carbocycles. The number of hydrogen-bond acceptors (Lipinski definition) is 3. The van der Waals surface area contributed by atoms with Gasteiger partial charge in [-0.05, 0) is 18.3 Å². The summed E-state index contributed by atoms with van der Waals surface area (Å²) in [5, 5.41) is 11.9. The van der Waals surface area contributed by atoms with E-state index in [2.05, 4.69) is 5.32 Å². The fourth-order valence-electron chi connectivity index (χ4n) is 2.12. The van der Waals surface area contributed by atoms with Crippen molar-refractivity contribution in [3.63, 3.8) is 0 Å². The monoisotopic (exact) mass is 270 g/mol. The average molecular weight is 270 g/mol. The molecule has 0 aromatic rings. The summed E-state index contributed by atoms with van der Waals surface area (Å²) < 4.78 is 0. The molecule has 6 nitrogen and oxygen atoms in total. The van der Waals surface area contributed by atoms with Crippen LogP contribution in [-0.4, -0.2) is 39.5 Å². The van der Waals surface area contributed by atoms with Gasteiger partial charge in [-0.2, -0.15) is 0 Å². The highest BCUT2D eigenvalue weighted by Gasteiger charge is 2.57. The van der Waals surface area contributed by atoms with Gasteiger partial charge >= 0.3 is 12.0 Å². The maximum atomic E-state index is 12.5. The predicted octanol–water partition coefficient (Wildman–Crippen LogP) is 1.45. The molecule has 0 bridgehead atoms. The third-order valence-electron chi connectivity index (χ3n) is 3.88. The topological polar surface area (TPSA) is 86.7 Å². The highest BCUT2D eigenvalue weighted by atomic mass is 16.4. The largest absolute Gasteiger partial charge is 0.480 e. The van der Waals surface area contributed by atoms with Crippen molar-refractivity contribution in [3.8, 4) is 0 Å². The number of imide groups is 1. The van der Waals surface area contributed by atoms with E-state index in [1.54, 1.807) is 20.8 Å². The van der Waals surface area contributed by atoms with E-state index in [-0.39, 0.29) is 5.92 Å². The molecule has 1 heterocycles. The first-order valence-corrected chi connectivity index (χ1v) is 6.32. The number of nitrogens with one attached hydrogen (secondary N) is 1. The van der Waals surface area contributed by atoms with Crippen molar-refractivity contribution < 1.29 is 19.5 Å². The molecule has 6 heteroatoms. The van der Waals surface area contributed by atoms with E-state index in [0.29, 0.717) is 0 Å². The molecule has 2 unspecified atom stereocenters. The van der Waals surface area contributed by atoms with E-state index in [9.17, 15) is 19.5 Å². The smallest absolute Gasteiger partial charge is 0.327 e. The van der Waals surface area contributed by atoms with Gasteiger partial charge in [0.2, 0.25) is 0 Å². The van der Waals surface area contributed by atoms with Crippen LogP contribution in [0.25, 0.3) is 0 Å². The molecule has 0 radical (unpaired) electrons. The summed E-state index contributed by atoms with van der Waals surface area (Å²) in [6, 6.07) is -1.78. The Balaban J connectivity index is 3.23. The lowest BCUT2D eigenvalue weighted by Crippen LogP contribution is -2.55. The number of nitrogens with zero attached hydrogens (tertiary/aromatic N) is 1. The summed E-state index contributed by atoms with van der Waals surface area (Å²) in [4.78, 5) is 36.7. The summed E-state index contributed by atoms with van der Waals surface area (Å²) in [6.07, 6.45) is 0. The Labute approximate surface area is 113 Å². The summed E-state index contributed by atoms with van der Waals surface area (Å²) in [7, 11) is 0. The summed E-state index contributed by atoms with van der Waals surface area (Å²) in [6.45, 7) is 10.5. The zero-order chi connectivity index (χ0) is 15.2. The molecule has 0 saturated carbocycles. The van der Waals surface area contributed by atoms with Crippen molar-refractivity contribution >= 4 is 17.9 Å². The van der Waals surface area contributed by atoms with Gasteiger partial charge in [-0.1, -0.05) is 34.6 Å². The maximum absolute atomic E-state index is 12.5. The zero-order valence-corrected chi connectivity index (χ0v) is 12.3. The average Bonchev–Trinajstić information content (AvgIpc) is 2.41. The molecule has 2 atom stereocenters. The van der Waals surface area contributed by atoms with Crippen molar-refractivity contribution in [2.45, 2.75) is 53.1 Å². The zero-order valence-electron chi connectivity index (χ0n) is 12.3. The minimum Gasteiger partial charge on any atom is -0.480 e. The minimum absolute atomic E-state index is 0.352. The van der Waals surface area contributed by atoms with Crippen molar-refractivity contribution in [2.75, 3.05) is 0 Å². The fraction of sp³-hybridized carbons (Fsp3) is 0.769. The highest BCUT2D eigenvalue weighted by Crippen LogP contribution is 2.36. The molecule has 3 amide bonds. The Bertz CT molecular complexity index is 425. The van der Waals surface area contributed by atoms with Crippen LogP contribution in [0.15, 0.2) is 0 Å². The van der Waals surface area contributed by atoms with Crippen LogP contribution in [0.4, 0.5) is 4.79 Å². The number of urea groups is 1. The summed E-state index contributed by atoms with van der Waals surface area (Å²) in [5.74, 6) is -2.00. The Morgan fingerprint density at radius 3 is 2.05 bits per heavy atom. The molecule has 108 valence electrons. The molecule has 1 saturated heterocycles. The summed E-state index contributed by atoms with van der Waals surface area (Å²) in [5.41, 5.74) is -1.60. The lowest BCUT2D eigenvalue weighted by atomic mass is 9.74. The van der Waals surface area contributed by atoms with Crippen LogP contribution in [0.2, 0.25) is 0 Å². The molecule has 1 aliphatic rings. The standard InChI is InChI=1S/C13H22N2O4/c1-7(2)8(9(16)17)15-10(18)13(6,12(3,4)5)14-11(15)19/h7-8H,1-6H3,(H,14,19)(H,16,17). The van der Waals surface area contributed by atoms with Gasteiger partial charge in [0.05, 0.1) is 0 Å². The fourth-order valence-corrected chi connectivity index (χ4v) is 2.12. The molecule has 2 N–H and O–H groups in total. The first kappa shape index (κ1) is 15.5. The number of amides is 3. The molecular formula is C13H22N2O4. The van der Waals surface area contributed by atoms with Gasteiger partial charge in [-0.3, -0.25) is 4.79 Å².